The maximum absolute atomic E-state index is 13.1. The summed E-state index contributed by atoms with van der Waals surface area (Å²) >= 11 is 6.04. The molecule has 186 valence electrons. The van der Waals surface area contributed by atoms with Gasteiger partial charge in [-0.3, -0.25) is 9.78 Å². The first kappa shape index (κ1) is 24.5. The first-order chi connectivity index (χ1) is 17.7. The number of anilines is 1. The van der Waals surface area contributed by atoms with Crippen molar-refractivity contribution in [1.82, 2.24) is 19.9 Å². The lowest BCUT2D eigenvalue weighted by atomic mass is 10.0. The molecule has 37 heavy (non-hydrogen) atoms. The van der Waals surface area contributed by atoms with Crippen LogP contribution in [0.25, 0.3) is 22.3 Å². The maximum Gasteiger partial charge on any atom is 0.416 e. The molecule has 0 fully saturated rings. The number of halogens is 4. The van der Waals surface area contributed by atoms with E-state index >= 15 is 0 Å². The van der Waals surface area contributed by atoms with Crippen molar-refractivity contribution in [3.05, 3.63) is 106 Å². The number of aryl methyl sites for hydroxylation is 1. The standard InChI is InChI=1S/C27H19ClF3N5O/c1-15-4-5-16(26(37)35-22-13-19(27(29,30)31)6-7-20(22)28)11-18(15)12-23-34-21-8-10-33-25(21)24(36-23)17-3-2-9-32-14-17/h2-11,13-14,33H,12H2,1H3,(H,35,37). The van der Waals surface area contributed by atoms with Crippen LogP contribution in [0.5, 0.6) is 0 Å². The molecule has 0 aliphatic rings. The number of carbonyl (C=O) groups is 1. The molecule has 0 aliphatic heterocycles. The van der Waals surface area contributed by atoms with E-state index in [0.717, 1.165) is 45.9 Å². The van der Waals surface area contributed by atoms with Gasteiger partial charge >= 0.3 is 6.18 Å². The number of nitrogens with zero attached hydrogens (tertiary/aromatic N) is 3. The third kappa shape index (κ3) is 5.17. The van der Waals surface area contributed by atoms with Crippen LogP contribution in [0, 0.1) is 6.92 Å². The Balaban J connectivity index is 1.45. The molecule has 3 heterocycles. The minimum atomic E-state index is -4.56. The number of pyridine rings is 1. The van der Waals surface area contributed by atoms with Crippen LogP contribution in [0.3, 0.4) is 0 Å². The molecule has 2 N–H and O–H groups in total. The number of benzene rings is 2. The average Bonchev–Trinajstić information content (AvgIpc) is 3.35. The van der Waals surface area contributed by atoms with Crippen molar-refractivity contribution in [3.63, 3.8) is 0 Å². The molecule has 6 nitrogen and oxygen atoms in total. The predicted octanol–water partition coefficient (Wildman–Crippen LogP) is 6.84. The molecule has 5 aromatic rings. The van der Waals surface area contributed by atoms with Crippen molar-refractivity contribution in [2.24, 2.45) is 0 Å². The van der Waals surface area contributed by atoms with Crippen LogP contribution in [0.2, 0.25) is 5.02 Å². The number of H-pyrrole nitrogens is 1. The van der Waals surface area contributed by atoms with Crippen LogP contribution >= 0.6 is 11.6 Å². The number of rotatable bonds is 5. The molecule has 0 unspecified atom stereocenters. The van der Waals surface area contributed by atoms with E-state index in [4.69, 9.17) is 16.6 Å². The third-order valence-corrected chi connectivity index (χ3v) is 6.22. The Bertz CT molecular complexity index is 1620. The topological polar surface area (TPSA) is 83.6 Å². The Kier molecular flexibility index (Phi) is 6.39. The van der Waals surface area contributed by atoms with Gasteiger partial charge in [-0.05, 0) is 66.6 Å². The predicted molar refractivity (Wildman–Crippen MR) is 136 cm³/mol. The average molecular weight is 522 g/mol. The Morgan fingerprint density at radius 1 is 1.08 bits per heavy atom. The number of hydrogen-bond donors (Lipinski definition) is 2. The number of aromatic amines is 1. The number of amides is 1. The fourth-order valence-corrected chi connectivity index (χ4v) is 4.11. The van der Waals surface area contributed by atoms with Gasteiger partial charge in [0.1, 0.15) is 5.82 Å². The highest BCUT2D eigenvalue weighted by Crippen LogP contribution is 2.34. The van der Waals surface area contributed by atoms with E-state index in [1.807, 2.05) is 25.1 Å². The van der Waals surface area contributed by atoms with Gasteiger partial charge in [-0.2, -0.15) is 13.2 Å². The van der Waals surface area contributed by atoms with E-state index in [9.17, 15) is 18.0 Å². The Morgan fingerprint density at radius 2 is 1.92 bits per heavy atom. The second-order valence-electron chi connectivity index (χ2n) is 8.43. The SMILES string of the molecule is Cc1ccc(C(=O)Nc2cc(C(F)(F)F)ccc2Cl)cc1Cc1nc(-c2cccnc2)c2[nH]ccc2n1. The molecule has 5 rings (SSSR count). The first-order valence-corrected chi connectivity index (χ1v) is 11.6. The summed E-state index contributed by atoms with van der Waals surface area (Å²) in [5.74, 6) is -0.0342. The third-order valence-electron chi connectivity index (χ3n) is 5.89. The number of carbonyl (C=O) groups excluding carboxylic acids is 1. The highest BCUT2D eigenvalue weighted by atomic mass is 35.5. The number of alkyl halides is 3. The lowest BCUT2D eigenvalue weighted by molar-refractivity contribution is -0.137. The minimum Gasteiger partial charge on any atom is -0.358 e. The van der Waals surface area contributed by atoms with Crippen LogP contribution in [-0.4, -0.2) is 25.8 Å². The fourth-order valence-electron chi connectivity index (χ4n) is 3.95. The molecule has 2 aromatic carbocycles. The van der Waals surface area contributed by atoms with E-state index in [-0.39, 0.29) is 16.3 Å². The smallest absolute Gasteiger partial charge is 0.358 e. The molecular weight excluding hydrogens is 503 g/mol. The van der Waals surface area contributed by atoms with Crippen molar-refractivity contribution < 1.29 is 18.0 Å². The monoisotopic (exact) mass is 521 g/mol. The quantitative estimate of drug-likeness (QED) is 0.265. The van der Waals surface area contributed by atoms with Gasteiger partial charge in [-0.25, -0.2) is 9.97 Å². The van der Waals surface area contributed by atoms with Gasteiger partial charge in [0.05, 0.1) is 33.0 Å². The van der Waals surface area contributed by atoms with Crippen molar-refractivity contribution in [1.29, 1.82) is 0 Å². The number of fused-ring (bicyclic) bond motifs is 1. The summed E-state index contributed by atoms with van der Waals surface area (Å²) in [7, 11) is 0. The van der Waals surface area contributed by atoms with Gasteiger partial charge in [0.2, 0.25) is 0 Å². The molecule has 0 aliphatic carbocycles. The van der Waals surface area contributed by atoms with Crippen LogP contribution in [0.4, 0.5) is 18.9 Å². The number of nitrogens with one attached hydrogen (secondary N) is 2. The molecule has 0 saturated carbocycles. The second kappa shape index (κ2) is 9.67. The summed E-state index contributed by atoms with van der Waals surface area (Å²) in [4.78, 5) is 29.7. The first-order valence-electron chi connectivity index (χ1n) is 11.2. The van der Waals surface area contributed by atoms with E-state index in [1.54, 1.807) is 36.8 Å². The van der Waals surface area contributed by atoms with Crippen molar-refractivity contribution in [2.75, 3.05) is 5.32 Å². The lowest BCUT2D eigenvalue weighted by Gasteiger charge is -2.13. The summed E-state index contributed by atoms with van der Waals surface area (Å²) in [5.41, 5.74) is 4.04. The van der Waals surface area contributed by atoms with Gasteiger partial charge in [0.25, 0.3) is 5.91 Å². The van der Waals surface area contributed by atoms with Crippen LogP contribution in [-0.2, 0) is 12.6 Å². The van der Waals surface area contributed by atoms with Crippen LogP contribution < -0.4 is 5.32 Å². The van der Waals surface area contributed by atoms with E-state index < -0.39 is 17.6 Å². The minimum absolute atomic E-state index is 0.00446. The molecular formula is C27H19ClF3N5O. The highest BCUT2D eigenvalue weighted by molar-refractivity contribution is 6.34. The lowest BCUT2D eigenvalue weighted by Crippen LogP contribution is -2.14. The molecule has 10 heteroatoms. The van der Waals surface area contributed by atoms with Gasteiger partial charge in [0, 0.05) is 36.1 Å². The zero-order valence-corrected chi connectivity index (χ0v) is 20.2. The van der Waals surface area contributed by atoms with E-state index in [1.165, 1.54) is 0 Å². The normalized spacial score (nSPS) is 11.6. The molecule has 0 atom stereocenters. The molecule has 0 radical (unpaired) electrons. The fraction of sp³-hybridized carbons (Fsp3) is 0.111. The Labute approximate surface area is 214 Å². The van der Waals surface area contributed by atoms with Gasteiger partial charge < -0.3 is 10.3 Å². The molecule has 0 saturated heterocycles. The molecule has 0 bridgehead atoms. The zero-order chi connectivity index (χ0) is 26.2. The van der Waals surface area contributed by atoms with Crippen molar-refractivity contribution >= 4 is 34.2 Å². The van der Waals surface area contributed by atoms with E-state index in [0.29, 0.717) is 17.9 Å². The number of aromatic nitrogens is 4. The van der Waals surface area contributed by atoms with Crippen molar-refractivity contribution in [2.45, 2.75) is 19.5 Å². The summed E-state index contributed by atoms with van der Waals surface area (Å²) < 4.78 is 39.3. The summed E-state index contributed by atoms with van der Waals surface area (Å²) in [6, 6.07) is 13.4. The zero-order valence-electron chi connectivity index (χ0n) is 19.4. The molecule has 0 spiro atoms. The summed E-state index contributed by atoms with van der Waals surface area (Å²) in [6.07, 6.45) is 0.978. The summed E-state index contributed by atoms with van der Waals surface area (Å²) in [6.45, 7) is 1.90. The Hall–Kier alpha value is -4.24. The van der Waals surface area contributed by atoms with E-state index in [2.05, 4.69) is 20.3 Å². The van der Waals surface area contributed by atoms with Crippen LogP contribution in [0.15, 0.2) is 73.2 Å². The van der Waals surface area contributed by atoms with Gasteiger partial charge in [-0.1, -0.05) is 17.7 Å². The van der Waals surface area contributed by atoms with Crippen molar-refractivity contribution in [3.8, 4) is 11.3 Å². The Morgan fingerprint density at radius 3 is 2.68 bits per heavy atom. The highest BCUT2D eigenvalue weighted by Gasteiger charge is 2.31. The van der Waals surface area contributed by atoms with Gasteiger partial charge in [0.15, 0.2) is 0 Å². The van der Waals surface area contributed by atoms with Crippen LogP contribution in [0.1, 0.15) is 32.9 Å². The largest absolute Gasteiger partial charge is 0.416 e. The maximum atomic E-state index is 13.1. The second-order valence-corrected chi connectivity index (χ2v) is 8.84. The molecule has 3 aromatic heterocycles. The summed E-state index contributed by atoms with van der Waals surface area (Å²) in [5, 5.41) is 2.49. The molecule has 1 amide bonds. The van der Waals surface area contributed by atoms with Gasteiger partial charge in [-0.15, -0.1) is 0 Å². The number of hydrogen-bond acceptors (Lipinski definition) is 4.